The van der Waals surface area contributed by atoms with Gasteiger partial charge in [0.1, 0.15) is 17.2 Å². The highest BCUT2D eigenvalue weighted by atomic mass is 16.6. The van der Waals surface area contributed by atoms with Gasteiger partial charge in [0.05, 0.1) is 11.5 Å². The molecule has 214 valence electrons. The summed E-state index contributed by atoms with van der Waals surface area (Å²) in [5.41, 5.74) is 3.71. The van der Waals surface area contributed by atoms with Crippen LogP contribution in [-0.2, 0) is 17.6 Å². The zero-order valence-electron chi connectivity index (χ0n) is 22.5. The molecule has 3 aliphatic rings. The van der Waals surface area contributed by atoms with Gasteiger partial charge in [0.15, 0.2) is 0 Å². The van der Waals surface area contributed by atoms with Crippen molar-refractivity contribution < 1.29 is 24.0 Å². The number of nitrogens with zero attached hydrogens (tertiary/aromatic N) is 4. The molecule has 0 unspecified atom stereocenters. The maximum absolute atomic E-state index is 13.2. The maximum Gasteiger partial charge on any atom is 0.349 e. The van der Waals surface area contributed by atoms with Crippen molar-refractivity contribution in [3.8, 4) is 0 Å². The van der Waals surface area contributed by atoms with Crippen LogP contribution < -0.4 is 20.7 Å². The van der Waals surface area contributed by atoms with Gasteiger partial charge in [0.25, 0.3) is 11.6 Å². The number of nitro benzene ring substituents is 1. The number of hydrogen-bond donors (Lipinski definition) is 2. The van der Waals surface area contributed by atoms with Crippen LogP contribution in [-0.4, -0.2) is 78.7 Å². The number of rotatable bonds is 6. The van der Waals surface area contributed by atoms with E-state index in [1.54, 1.807) is 17.0 Å². The number of carbonyl (C=O) groups excluding carboxylic acids is 2. The quantitative estimate of drug-likeness (QED) is 0.261. The molecule has 4 heterocycles. The van der Waals surface area contributed by atoms with Crippen LogP contribution in [0.5, 0.6) is 0 Å². The van der Waals surface area contributed by atoms with Crippen molar-refractivity contribution in [1.29, 1.82) is 0 Å². The van der Waals surface area contributed by atoms with Crippen molar-refractivity contribution in [1.82, 2.24) is 10.2 Å². The lowest BCUT2D eigenvalue weighted by molar-refractivity contribution is -0.384. The molecule has 0 bridgehead atoms. The molecule has 12 nitrogen and oxygen atoms in total. The lowest BCUT2D eigenvalue weighted by atomic mass is 9.90. The zero-order chi connectivity index (χ0) is 28.7. The van der Waals surface area contributed by atoms with E-state index in [4.69, 9.17) is 4.42 Å². The van der Waals surface area contributed by atoms with Crippen molar-refractivity contribution in [2.45, 2.75) is 31.7 Å². The fourth-order valence-electron chi connectivity index (χ4n) is 6.22. The monoisotopic (exact) mass is 561 g/mol. The SMILES string of the molecule is O=C(N[C@@H](CO)C(=O)N1CCN(c2ccc([N+](=O)[O-])cc2)CC1)c1cc2cc3c4c(c2oc1=O)CCCN4CCC3. The highest BCUT2D eigenvalue weighted by Crippen LogP contribution is 2.39. The number of hydrogen-bond acceptors (Lipinski definition) is 9. The Labute approximate surface area is 235 Å². The van der Waals surface area contributed by atoms with Crippen LogP contribution in [0.4, 0.5) is 17.1 Å². The molecule has 0 saturated carbocycles. The van der Waals surface area contributed by atoms with E-state index in [1.165, 1.54) is 23.8 Å². The Balaban J connectivity index is 1.15. The molecule has 3 aliphatic heterocycles. The molecule has 0 aliphatic carbocycles. The smallest absolute Gasteiger partial charge is 0.349 e. The molecule has 0 radical (unpaired) electrons. The van der Waals surface area contributed by atoms with Gasteiger partial charge in [-0.25, -0.2) is 4.79 Å². The van der Waals surface area contributed by atoms with Crippen LogP contribution in [0, 0.1) is 10.1 Å². The average molecular weight is 562 g/mol. The summed E-state index contributed by atoms with van der Waals surface area (Å²) in [5.74, 6) is -1.22. The number of piperazine rings is 1. The lowest BCUT2D eigenvalue weighted by Crippen LogP contribution is -2.56. The van der Waals surface area contributed by atoms with Crippen LogP contribution >= 0.6 is 0 Å². The van der Waals surface area contributed by atoms with E-state index in [0.717, 1.165) is 55.7 Å². The van der Waals surface area contributed by atoms with Crippen molar-refractivity contribution in [2.24, 2.45) is 0 Å². The number of nitro groups is 1. The topological polar surface area (TPSA) is 149 Å². The first-order chi connectivity index (χ1) is 19.8. The third kappa shape index (κ3) is 4.99. The number of aryl methyl sites for hydroxylation is 2. The first-order valence-corrected chi connectivity index (χ1v) is 13.9. The van der Waals surface area contributed by atoms with Gasteiger partial charge in [0, 0.05) is 73.7 Å². The van der Waals surface area contributed by atoms with Gasteiger partial charge in [-0.2, -0.15) is 0 Å². The van der Waals surface area contributed by atoms with E-state index in [2.05, 4.69) is 10.2 Å². The minimum Gasteiger partial charge on any atom is -0.422 e. The normalized spacial score (nSPS) is 17.2. The highest BCUT2D eigenvalue weighted by molar-refractivity contribution is 6.00. The van der Waals surface area contributed by atoms with E-state index in [0.29, 0.717) is 37.1 Å². The number of aliphatic hydroxyl groups excluding tert-OH is 1. The molecule has 1 fully saturated rings. The Bertz CT molecular complexity index is 1580. The Morgan fingerprint density at radius 1 is 1.00 bits per heavy atom. The number of anilines is 2. The first-order valence-electron chi connectivity index (χ1n) is 13.9. The fourth-order valence-corrected chi connectivity index (χ4v) is 6.22. The molecule has 1 atom stereocenters. The van der Waals surface area contributed by atoms with Gasteiger partial charge in [-0.3, -0.25) is 19.7 Å². The largest absolute Gasteiger partial charge is 0.422 e. The number of aliphatic hydroxyl groups is 1. The predicted octanol–water partition coefficient (Wildman–Crippen LogP) is 1.84. The summed E-state index contributed by atoms with van der Waals surface area (Å²) in [5, 5.41) is 24.1. The van der Waals surface area contributed by atoms with Gasteiger partial charge in [-0.05, 0) is 55.5 Å². The number of amides is 2. The third-order valence-corrected chi connectivity index (χ3v) is 8.26. The van der Waals surface area contributed by atoms with Crippen LogP contribution in [0.1, 0.15) is 34.3 Å². The molecule has 2 N–H and O–H groups in total. The standard InChI is InChI=1S/C29H31N5O7/c35-17-24(28(37)33-13-11-31(12-14-33)20-5-7-21(8-6-20)34(39)40)30-27(36)23-16-19-15-18-3-1-9-32-10-2-4-22(25(18)32)26(19)41-29(23)38/h5-8,15-16,24,35H,1-4,9-14,17H2,(H,30,36)/t24-/m0/s1. The van der Waals surface area contributed by atoms with E-state index < -0.39 is 35.0 Å². The Kier molecular flexibility index (Phi) is 7.08. The van der Waals surface area contributed by atoms with E-state index in [1.807, 2.05) is 11.0 Å². The second-order valence-corrected chi connectivity index (χ2v) is 10.7. The second kappa shape index (κ2) is 10.8. The van der Waals surface area contributed by atoms with Crippen molar-refractivity contribution in [3.05, 3.63) is 73.6 Å². The molecule has 1 aromatic heterocycles. The number of fused-ring (bicyclic) bond motifs is 2. The summed E-state index contributed by atoms with van der Waals surface area (Å²) in [4.78, 5) is 55.6. The molecular weight excluding hydrogens is 530 g/mol. The Morgan fingerprint density at radius 2 is 1.71 bits per heavy atom. The molecule has 0 spiro atoms. The molecule has 12 heteroatoms. The van der Waals surface area contributed by atoms with Gasteiger partial charge in [-0.15, -0.1) is 0 Å². The number of benzene rings is 2. The number of non-ortho nitro benzene ring substituents is 1. The average Bonchev–Trinajstić information content (AvgIpc) is 3.00. The van der Waals surface area contributed by atoms with Crippen LogP contribution in [0.3, 0.4) is 0 Å². The molecule has 2 amide bonds. The van der Waals surface area contributed by atoms with Crippen LogP contribution in [0.2, 0.25) is 0 Å². The van der Waals surface area contributed by atoms with Crippen LogP contribution in [0.15, 0.2) is 45.6 Å². The summed E-state index contributed by atoms with van der Waals surface area (Å²) in [7, 11) is 0. The number of nitrogens with one attached hydrogen (secondary N) is 1. The second-order valence-electron chi connectivity index (χ2n) is 10.7. The fraction of sp³-hybridized carbons (Fsp3) is 0.414. The van der Waals surface area contributed by atoms with Gasteiger partial charge < -0.3 is 29.5 Å². The van der Waals surface area contributed by atoms with Crippen LogP contribution in [0.25, 0.3) is 11.0 Å². The Morgan fingerprint density at radius 3 is 2.39 bits per heavy atom. The molecule has 2 aromatic carbocycles. The van der Waals surface area contributed by atoms with Gasteiger partial charge >= 0.3 is 5.63 Å². The van der Waals surface area contributed by atoms with Gasteiger partial charge in [0.2, 0.25) is 5.91 Å². The summed E-state index contributed by atoms with van der Waals surface area (Å²) in [6, 6.07) is 8.51. The summed E-state index contributed by atoms with van der Waals surface area (Å²) in [6.45, 7) is 2.98. The maximum atomic E-state index is 13.2. The van der Waals surface area contributed by atoms with E-state index >= 15 is 0 Å². The lowest BCUT2D eigenvalue weighted by Gasteiger charge is -2.37. The number of carbonyl (C=O) groups is 2. The minimum atomic E-state index is -1.22. The molecule has 1 saturated heterocycles. The Hall–Kier alpha value is -4.45. The summed E-state index contributed by atoms with van der Waals surface area (Å²) >= 11 is 0. The minimum absolute atomic E-state index is 0.00477. The van der Waals surface area contributed by atoms with Crippen molar-refractivity contribution in [3.63, 3.8) is 0 Å². The summed E-state index contributed by atoms with van der Waals surface area (Å²) < 4.78 is 5.71. The molecular formula is C29H31N5O7. The van der Waals surface area contributed by atoms with Gasteiger partial charge in [-0.1, -0.05) is 0 Å². The van der Waals surface area contributed by atoms with E-state index in [-0.39, 0.29) is 11.3 Å². The third-order valence-electron chi connectivity index (χ3n) is 8.26. The highest BCUT2D eigenvalue weighted by Gasteiger charge is 2.31. The summed E-state index contributed by atoms with van der Waals surface area (Å²) in [6.07, 6.45) is 3.75. The van der Waals surface area contributed by atoms with E-state index in [9.17, 15) is 29.6 Å². The first kappa shape index (κ1) is 26.8. The molecule has 6 rings (SSSR count). The molecule has 3 aromatic rings. The van der Waals surface area contributed by atoms with Crippen molar-refractivity contribution in [2.75, 3.05) is 55.7 Å². The zero-order valence-corrected chi connectivity index (χ0v) is 22.5. The van der Waals surface area contributed by atoms with Crippen molar-refractivity contribution >= 4 is 39.8 Å². The molecule has 41 heavy (non-hydrogen) atoms. The predicted molar refractivity (Wildman–Crippen MR) is 152 cm³/mol.